The summed E-state index contributed by atoms with van der Waals surface area (Å²) in [4.78, 5) is 40.9. The van der Waals surface area contributed by atoms with E-state index in [-0.39, 0.29) is 28.0 Å². The van der Waals surface area contributed by atoms with Crippen LogP contribution in [-0.2, 0) is 11.8 Å². The van der Waals surface area contributed by atoms with Gasteiger partial charge in [0.25, 0.3) is 11.5 Å². The molecule has 0 saturated carbocycles. The number of thioether (sulfide) groups is 1. The number of fused-ring (bicyclic) bond motifs is 1. The highest BCUT2D eigenvalue weighted by molar-refractivity contribution is 8.00. The second-order valence-electron chi connectivity index (χ2n) is 5.58. The zero-order valence-corrected chi connectivity index (χ0v) is 14.9. The van der Waals surface area contributed by atoms with Crippen LogP contribution < -0.4 is 16.6 Å². The summed E-state index contributed by atoms with van der Waals surface area (Å²) in [6.45, 7) is 1.60. The van der Waals surface area contributed by atoms with E-state index in [0.717, 1.165) is 0 Å². The quantitative estimate of drug-likeness (QED) is 0.657. The number of nitrogens with one attached hydrogen (secondary N) is 1. The average Bonchev–Trinajstić information content (AvgIpc) is 2.94. The van der Waals surface area contributed by atoms with Crippen molar-refractivity contribution in [3.05, 3.63) is 52.3 Å². The fraction of sp³-hybridized carbons (Fsp3) is 0.176. The summed E-state index contributed by atoms with van der Waals surface area (Å²) in [5, 5.41) is 2.90. The van der Waals surface area contributed by atoms with E-state index in [0.29, 0.717) is 16.3 Å². The number of nitrogens with two attached hydrogens (primary N) is 1. The van der Waals surface area contributed by atoms with Crippen LogP contribution >= 0.6 is 11.8 Å². The summed E-state index contributed by atoms with van der Waals surface area (Å²) >= 11 is 1.22. The van der Waals surface area contributed by atoms with E-state index in [4.69, 9.17) is 10.2 Å². The highest BCUT2D eigenvalue weighted by Gasteiger charge is 2.23. The monoisotopic (exact) mass is 372 g/mol. The first-order chi connectivity index (χ1) is 12.4. The number of amides is 2. The van der Waals surface area contributed by atoms with Gasteiger partial charge in [0.15, 0.2) is 0 Å². The molecule has 0 atom stereocenters. The van der Waals surface area contributed by atoms with Gasteiger partial charge in [-0.05, 0) is 19.1 Å². The van der Waals surface area contributed by atoms with Gasteiger partial charge in [-0.25, -0.2) is 4.98 Å². The zero-order valence-electron chi connectivity index (χ0n) is 14.1. The lowest BCUT2D eigenvalue weighted by Gasteiger charge is -2.10. The van der Waals surface area contributed by atoms with E-state index in [1.807, 2.05) is 0 Å². The first-order valence-corrected chi connectivity index (χ1v) is 8.63. The van der Waals surface area contributed by atoms with Crippen LogP contribution in [-0.4, -0.2) is 27.1 Å². The first-order valence-electron chi connectivity index (χ1n) is 7.64. The van der Waals surface area contributed by atoms with Crippen LogP contribution in [0.2, 0.25) is 0 Å². The highest BCUT2D eigenvalue weighted by Crippen LogP contribution is 2.28. The number of nitrogens with zero attached hydrogens (tertiary/aromatic N) is 2. The maximum atomic E-state index is 12.8. The van der Waals surface area contributed by atoms with E-state index in [1.54, 1.807) is 38.2 Å². The van der Waals surface area contributed by atoms with Crippen LogP contribution in [0.5, 0.6) is 0 Å². The van der Waals surface area contributed by atoms with Crippen LogP contribution in [0.15, 0.2) is 44.7 Å². The zero-order chi connectivity index (χ0) is 18.8. The number of rotatable bonds is 5. The normalized spacial score (nSPS) is 10.8. The fourth-order valence-electron chi connectivity index (χ4n) is 2.49. The predicted octanol–water partition coefficient (Wildman–Crippen LogP) is 1.66. The lowest BCUT2D eigenvalue weighted by atomic mass is 10.1. The molecular weight excluding hydrogens is 356 g/mol. The minimum atomic E-state index is -0.488. The van der Waals surface area contributed by atoms with Crippen molar-refractivity contribution in [2.24, 2.45) is 12.8 Å². The molecule has 0 aliphatic rings. The molecular formula is C17H16N4O4S. The van der Waals surface area contributed by atoms with E-state index in [2.05, 4.69) is 10.3 Å². The second kappa shape index (κ2) is 7.04. The third-order valence-electron chi connectivity index (χ3n) is 3.68. The topological polar surface area (TPSA) is 120 Å². The molecule has 2 heterocycles. The molecule has 9 heteroatoms. The van der Waals surface area contributed by atoms with E-state index in [9.17, 15) is 14.4 Å². The van der Waals surface area contributed by atoms with Crippen molar-refractivity contribution >= 4 is 40.4 Å². The number of carbonyl (C=O) groups is 2. The molecule has 0 aliphatic carbocycles. The highest BCUT2D eigenvalue weighted by atomic mass is 32.2. The summed E-state index contributed by atoms with van der Waals surface area (Å²) in [5.74, 6) is -0.554. The standard InChI is InChI=1S/C17H16N4O4S/c1-9-13(14-16(25-9)19-8-21(2)17(14)24)15(23)20-10-5-3-4-6-11(10)26-7-12(18)22/h3-6,8H,7H2,1-2H3,(H2,18,22)(H,20,23). The summed E-state index contributed by atoms with van der Waals surface area (Å²) in [6.07, 6.45) is 1.34. The Hall–Kier alpha value is -3.07. The molecule has 0 aliphatic heterocycles. The number of aromatic nitrogens is 2. The SMILES string of the molecule is Cc1oc2ncn(C)c(=O)c2c1C(=O)Nc1ccccc1SCC(N)=O. The van der Waals surface area contributed by atoms with Crippen molar-refractivity contribution in [1.82, 2.24) is 9.55 Å². The van der Waals surface area contributed by atoms with Gasteiger partial charge in [-0.3, -0.25) is 14.4 Å². The van der Waals surface area contributed by atoms with Crippen molar-refractivity contribution in [2.45, 2.75) is 11.8 Å². The third kappa shape index (κ3) is 3.33. The Bertz CT molecular complexity index is 1070. The summed E-state index contributed by atoms with van der Waals surface area (Å²) in [5.41, 5.74) is 5.58. The number of benzene rings is 1. The minimum absolute atomic E-state index is 0.0883. The Balaban J connectivity index is 1.99. The van der Waals surface area contributed by atoms with Crippen LogP contribution in [0.4, 0.5) is 5.69 Å². The second-order valence-corrected chi connectivity index (χ2v) is 6.60. The Morgan fingerprint density at radius 3 is 2.81 bits per heavy atom. The summed E-state index contributed by atoms with van der Waals surface area (Å²) in [7, 11) is 1.55. The largest absolute Gasteiger partial charge is 0.442 e. The molecule has 0 radical (unpaired) electrons. The molecule has 0 fully saturated rings. The van der Waals surface area contributed by atoms with Crippen molar-refractivity contribution in [1.29, 1.82) is 0 Å². The van der Waals surface area contributed by atoms with Crippen molar-refractivity contribution in [3.63, 3.8) is 0 Å². The number of carbonyl (C=O) groups excluding carboxylic acids is 2. The Kier molecular flexibility index (Phi) is 4.81. The van der Waals surface area contributed by atoms with Gasteiger partial charge in [0.05, 0.1) is 17.0 Å². The number of furan rings is 1. The van der Waals surface area contributed by atoms with Gasteiger partial charge in [-0.1, -0.05) is 12.1 Å². The smallest absolute Gasteiger partial charge is 0.265 e. The van der Waals surface area contributed by atoms with E-state index in [1.165, 1.54) is 22.7 Å². The van der Waals surface area contributed by atoms with Gasteiger partial charge in [0.1, 0.15) is 17.5 Å². The Labute approximate surface area is 152 Å². The van der Waals surface area contributed by atoms with Gasteiger partial charge in [0, 0.05) is 11.9 Å². The minimum Gasteiger partial charge on any atom is -0.442 e. The first kappa shape index (κ1) is 17.7. The number of para-hydroxylation sites is 1. The molecule has 3 rings (SSSR count). The van der Waals surface area contributed by atoms with Crippen LogP contribution in [0.1, 0.15) is 16.1 Å². The maximum absolute atomic E-state index is 12.8. The number of aryl methyl sites for hydroxylation is 2. The molecule has 26 heavy (non-hydrogen) atoms. The van der Waals surface area contributed by atoms with Crippen molar-refractivity contribution < 1.29 is 14.0 Å². The van der Waals surface area contributed by atoms with Gasteiger partial charge in [-0.2, -0.15) is 0 Å². The molecule has 2 aromatic heterocycles. The van der Waals surface area contributed by atoms with Gasteiger partial charge in [-0.15, -0.1) is 11.8 Å². The molecule has 3 N–H and O–H groups in total. The van der Waals surface area contributed by atoms with Gasteiger partial charge < -0.3 is 20.0 Å². The Morgan fingerprint density at radius 2 is 2.08 bits per heavy atom. The lowest BCUT2D eigenvalue weighted by molar-refractivity contribution is -0.115. The summed E-state index contributed by atoms with van der Waals surface area (Å²) < 4.78 is 6.73. The van der Waals surface area contributed by atoms with Crippen molar-refractivity contribution in [3.8, 4) is 0 Å². The van der Waals surface area contributed by atoms with Crippen molar-refractivity contribution in [2.75, 3.05) is 11.1 Å². The predicted molar refractivity (Wildman–Crippen MR) is 98.3 cm³/mol. The van der Waals surface area contributed by atoms with Crippen LogP contribution in [0.25, 0.3) is 11.1 Å². The molecule has 0 spiro atoms. The molecule has 134 valence electrons. The number of hydrogen-bond donors (Lipinski definition) is 2. The maximum Gasteiger partial charge on any atom is 0.265 e. The average molecular weight is 372 g/mol. The number of anilines is 1. The number of hydrogen-bond acceptors (Lipinski definition) is 6. The van der Waals surface area contributed by atoms with Gasteiger partial charge >= 0.3 is 0 Å². The van der Waals surface area contributed by atoms with Crippen LogP contribution in [0.3, 0.4) is 0 Å². The lowest BCUT2D eigenvalue weighted by Crippen LogP contribution is -2.21. The van der Waals surface area contributed by atoms with E-state index < -0.39 is 11.8 Å². The molecule has 1 aromatic carbocycles. The third-order valence-corrected chi connectivity index (χ3v) is 4.78. The van der Waals surface area contributed by atoms with E-state index >= 15 is 0 Å². The molecule has 0 unspecified atom stereocenters. The molecule has 8 nitrogen and oxygen atoms in total. The Morgan fingerprint density at radius 1 is 1.35 bits per heavy atom. The molecule has 0 bridgehead atoms. The molecule has 3 aromatic rings. The molecule has 2 amide bonds. The van der Waals surface area contributed by atoms with Gasteiger partial charge in [0.2, 0.25) is 11.6 Å². The van der Waals surface area contributed by atoms with Crippen LogP contribution in [0, 0.1) is 6.92 Å². The fourth-order valence-corrected chi connectivity index (χ4v) is 3.24. The number of primary amides is 1. The summed E-state index contributed by atoms with van der Waals surface area (Å²) in [6, 6.07) is 7.02. The molecule has 0 saturated heterocycles.